The Bertz CT molecular complexity index is 932. The molecule has 1 N–H and O–H groups in total. The minimum Gasteiger partial charge on any atom is -0.493 e. The van der Waals surface area contributed by atoms with Gasteiger partial charge in [-0.1, -0.05) is 6.07 Å². The predicted octanol–water partition coefficient (Wildman–Crippen LogP) is 2.95. The molecule has 0 unspecified atom stereocenters. The highest BCUT2D eigenvalue weighted by Gasteiger charge is 2.22. The summed E-state index contributed by atoms with van der Waals surface area (Å²) >= 11 is 2.13. The third kappa shape index (κ3) is 5.74. The van der Waals surface area contributed by atoms with Crippen LogP contribution in [0.1, 0.15) is 18.5 Å². The Morgan fingerprint density at radius 2 is 1.71 bits per heavy atom. The number of anilines is 1. The van der Waals surface area contributed by atoms with Gasteiger partial charge >= 0.3 is 0 Å². The van der Waals surface area contributed by atoms with E-state index in [9.17, 15) is 13.2 Å². The summed E-state index contributed by atoms with van der Waals surface area (Å²) in [5, 5.41) is 2.83. The number of rotatable bonds is 8. The Morgan fingerprint density at radius 3 is 2.25 bits per heavy atom. The summed E-state index contributed by atoms with van der Waals surface area (Å²) in [6, 6.07) is 11.9. The second-order valence-corrected chi connectivity index (χ2v) is 9.30. The van der Waals surface area contributed by atoms with Gasteiger partial charge in [-0.3, -0.25) is 9.10 Å². The van der Waals surface area contributed by atoms with Gasteiger partial charge in [0, 0.05) is 3.57 Å². The Labute approximate surface area is 179 Å². The van der Waals surface area contributed by atoms with Gasteiger partial charge in [0.1, 0.15) is 6.54 Å². The molecule has 1 atom stereocenters. The van der Waals surface area contributed by atoms with Gasteiger partial charge in [0.2, 0.25) is 15.9 Å². The van der Waals surface area contributed by atoms with Crippen LogP contribution in [0.15, 0.2) is 42.5 Å². The molecule has 0 heterocycles. The Kier molecular flexibility index (Phi) is 7.53. The van der Waals surface area contributed by atoms with Crippen LogP contribution in [-0.2, 0) is 14.8 Å². The molecule has 0 bridgehead atoms. The first-order valence-corrected chi connectivity index (χ1v) is 11.3. The van der Waals surface area contributed by atoms with Crippen molar-refractivity contribution in [1.29, 1.82) is 0 Å². The van der Waals surface area contributed by atoms with Crippen LogP contribution < -0.4 is 19.1 Å². The van der Waals surface area contributed by atoms with Gasteiger partial charge in [-0.05, 0) is 71.5 Å². The standard InChI is InChI=1S/C19H23IN2O5S/c1-13(14-5-10-17(26-2)18(11-14)27-3)21-19(23)12-22(28(4,24)25)16-8-6-15(20)7-9-16/h5-11,13H,12H2,1-4H3,(H,21,23)/t13-/m1/s1. The average Bonchev–Trinajstić information content (AvgIpc) is 2.65. The summed E-state index contributed by atoms with van der Waals surface area (Å²) in [5.74, 6) is 0.732. The first kappa shape index (κ1) is 22.3. The van der Waals surface area contributed by atoms with Crippen LogP contribution >= 0.6 is 22.6 Å². The maximum absolute atomic E-state index is 12.5. The van der Waals surface area contributed by atoms with Crippen molar-refractivity contribution in [1.82, 2.24) is 5.32 Å². The fraction of sp³-hybridized carbons (Fsp3) is 0.316. The molecule has 0 aromatic heterocycles. The third-order valence-corrected chi connectivity index (χ3v) is 5.95. The number of hydrogen-bond donors (Lipinski definition) is 1. The summed E-state index contributed by atoms with van der Waals surface area (Å²) in [4.78, 5) is 12.5. The van der Waals surface area contributed by atoms with Crippen LogP contribution in [0.2, 0.25) is 0 Å². The van der Waals surface area contributed by atoms with Crippen LogP contribution in [0.5, 0.6) is 11.5 Å². The molecule has 28 heavy (non-hydrogen) atoms. The summed E-state index contributed by atoms with van der Waals surface area (Å²) in [7, 11) is -0.526. The van der Waals surface area contributed by atoms with Gasteiger partial charge in [-0.25, -0.2) is 8.42 Å². The fourth-order valence-corrected chi connectivity index (χ4v) is 3.85. The molecular weight excluding hydrogens is 495 g/mol. The van der Waals surface area contributed by atoms with E-state index in [-0.39, 0.29) is 12.6 Å². The van der Waals surface area contributed by atoms with Crippen molar-refractivity contribution in [3.8, 4) is 11.5 Å². The third-order valence-electron chi connectivity index (χ3n) is 4.09. The minimum atomic E-state index is -3.61. The molecule has 0 radical (unpaired) electrons. The van der Waals surface area contributed by atoms with Crippen molar-refractivity contribution in [3.63, 3.8) is 0 Å². The maximum Gasteiger partial charge on any atom is 0.241 e. The number of halogens is 1. The van der Waals surface area contributed by atoms with E-state index in [4.69, 9.17) is 9.47 Å². The highest BCUT2D eigenvalue weighted by Crippen LogP contribution is 2.30. The van der Waals surface area contributed by atoms with Crippen molar-refractivity contribution in [2.75, 3.05) is 31.3 Å². The summed E-state index contributed by atoms with van der Waals surface area (Å²) in [5.41, 5.74) is 1.25. The molecule has 9 heteroatoms. The highest BCUT2D eigenvalue weighted by atomic mass is 127. The molecule has 0 saturated heterocycles. The Hall–Kier alpha value is -2.01. The zero-order valence-corrected chi connectivity index (χ0v) is 19.1. The van der Waals surface area contributed by atoms with Crippen molar-refractivity contribution < 1.29 is 22.7 Å². The molecule has 0 saturated carbocycles. The summed E-state index contributed by atoms with van der Waals surface area (Å²) < 4.78 is 36.9. The van der Waals surface area contributed by atoms with Gasteiger partial charge in [0.05, 0.1) is 32.2 Å². The first-order valence-electron chi connectivity index (χ1n) is 8.40. The summed E-state index contributed by atoms with van der Waals surface area (Å²) in [6.07, 6.45) is 1.08. The van der Waals surface area contributed by atoms with E-state index < -0.39 is 15.9 Å². The number of carbonyl (C=O) groups is 1. The van der Waals surface area contributed by atoms with E-state index >= 15 is 0 Å². The van der Waals surface area contributed by atoms with Gasteiger partial charge in [0.25, 0.3) is 0 Å². The molecule has 0 aliphatic rings. The van der Waals surface area contributed by atoms with Crippen molar-refractivity contribution >= 4 is 44.2 Å². The number of carbonyl (C=O) groups excluding carboxylic acids is 1. The van der Waals surface area contributed by atoms with E-state index in [1.165, 1.54) is 7.11 Å². The van der Waals surface area contributed by atoms with E-state index in [1.807, 2.05) is 13.0 Å². The molecule has 0 aliphatic heterocycles. The Balaban J connectivity index is 2.15. The maximum atomic E-state index is 12.5. The lowest BCUT2D eigenvalue weighted by molar-refractivity contribution is -0.120. The number of amides is 1. The zero-order valence-electron chi connectivity index (χ0n) is 16.1. The first-order chi connectivity index (χ1) is 13.2. The quantitative estimate of drug-likeness (QED) is 0.544. The molecule has 1 amide bonds. The fourth-order valence-electron chi connectivity index (χ4n) is 2.63. The second-order valence-electron chi connectivity index (χ2n) is 6.15. The smallest absolute Gasteiger partial charge is 0.241 e. The molecule has 0 spiro atoms. The number of benzene rings is 2. The highest BCUT2D eigenvalue weighted by molar-refractivity contribution is 14.1. The largest absolute Gasteiger partial charge is 0.493 e. The molecular formula is C19H23IN2O5S. The van der Waals surface area contributed by atoms with E-state index in [0.717, 1.165) is 19.7 Å². The average molecular weight is 518 g/mol. The van der Waals surface area contributed by atoms with E-state index in [0.29, 0.717) is 17.2 Å². The number of hydrogen-bond acceptors (Lipinski definition) is 5. The molecule has 0 aliphatic carbocycles. The number of sulfonamides is 1. The van der Waals surface area contributed by atoms with Gasteiger partial charge in [-0.15, -0.1) is 0 Å². The molecule has 152 valence electrons. The Morgan fingerprint density at radius 1 is 1.11 bits per heavy atom. The summed E-state index contributed by atoms with van der Waals surface area (Å²) in [6.45, 7) is 1.51. The molecule has 2 rings (SSSR count). The van der Waals surface area contributed by atoms with Crippen LogP contribution in [0.25, 0.3) is 0 Å². The van der Waals surface area contributed by atoms with Gasteiger partial charge in [-0.2, -0.15) is 0 Å². The van der Waals surface area contributed by atoms with E-state index in [2.05, 4.69) is 27.9 Å². The van der Waals surface area contributed by atoms with Crippen molar-refractivity contribution in [2.24, 2.45) is 0 Å². The zero-order chi connectivity index (χ0) is 20.9. The lowest BCUT2D eigenvalue weighted by Crippen LogP contribution is -2.41. The van der Waals surface area contributed by atoms with Gasteiger partial charge in [0.15, 0.2) is 11.5 Å². The topological polar surface area (TPSA) is 84.9 Å². The predicted molar refractivity (Wildman–Crippen MR) is 117 cm³/mol. The van der Waals surface area contributed by atoms with Crippen LogP contribution in [0, 0.1) is 3.57 Å². The normalized spacial score (nSPS) is 12.2. The van der Waals surface area contributed by atoms with Crippen LogP contribution in [-0.4, -0.2) is 41.3 Å². The lowest BCUT2D eigenvalue weighted by atomic mass is 10.1. The second kappa shape index (κ2) is 9.46. The molecule has 2 aromatic carbocycles. The molecule has 0 fully saturated rings. The van der Waals surface area contributed by atoms with Crippen LogP contribution in [0.3, 0.4) is 0 Å². The minimum absolute atomic E-state index is 0.308. The SMILES string of the molecule is COc1ccc([C@@H](C)NC(=O)CN(c2ccc(I)cc2)S(C)(=O)=O)cc1OC. The monoisotopic (exact) mass is 518 g/mol. The lowest BCUT2D eigenvalue weighted by Gasteiger charge is -2.23. The number of nitrogens with one attached hydrogen (secondary N) is 1. The van der Waals surface area contributed by atoms with Crippen molar-refractivity contribution in [2.45, 2.75) is 13.0 Å². The number of methoxy groups -OCH3 is 2. The molecule has 2 aromatic rings. The molecule has 7 nitrogen and oxygen atoms in total. The van der Waals surface area contributed by atoms with Crippen molar-refractivity contribution in [3.05, 3.63) is 51.6 Å². The van der Waals surface area contributed by atoms with E-state index in [1.54, 1.807) is 43.5 Å². The van der Waals surface area contributed by atoms with Crippen LogP contribution in [0.4, 0.5) is 5.69 Å². The number of nitrogens with zero attached hydrogens (tertiary/aromatic N) is 1. The van der Waals surface area contributed by atoms with Gasteiger partial charge < -0.3 is 14.8 Å². The number of ether oxygens (including phenoxy) is 2.